The fourth-order valence-corrected chi connectivity index (χ4v) is 4.62. The summed E-state index contributed by atoms with van der Waals surface area (Å²) in [4.78, 5) is 23.3. The second kappa shape index (κ2) is 10.6. The highest BCUT2D eigenvalue weighted by Crippen LogP contribution is 2.29. The molecule has 0 atom stereocenters. The van der Waals surface area contributed by atoms with Crippen molar-refractivity contribution in [3.05, 3.63) is 81.9 Å². The van der Waals surface area contributed by atoms with Crippen molar-refractivity contribution in [1.29, 1.82) is 5.26 Å². The Morgan fingerprint density at radius 3 is 2.46 bits per heavy atom. The van der Waals surface area contributed by atoms with Gasteiger partial charge < -0.3 is 15.2 Å². The van der Waals surface area contributed by atoms with Crippen LogP contribution >= 0.6 is 11.6 Å². The Hall–Kier alpha value is -3.87. The minimum atomic E-state index is -3.97. The highest BCUT2D eigenvalue weighted by atomic mass is 35.5. The van der Waals surface area contributed by atoms with E-state index in [0.717, 1.165) is 5.56 Å². The van der Waals surface area contributed by atoms with Crippen LogP contribution in [0.4, 0.5) is 5.69 Å². The molecule has 0 radical (unpaired) electrons. The molecule has 0 unspecified atom stereocenters. The van der Waals surface area contributed by atoms with Gasteiger partial charge in [0.25, 0.3) is 0 Å². The Bertz CT molecular complexity index is 1460. The number of hydrogen-bond acceptors (Lipinski definition) is 6. The Kier molecular flexibility index (Phi) is 7.79. The standard InChI is InChI=1S/C25H21ClN2O6S/c1-15-3-4-17(10-23(15)34-20-9-18(13-27)8-19(26)12-20)11-24(29)28-22-6-5-21(7-16(22)2)35(32,33)14-25(30)31/h3-10,12H,11,14H2,1-2H3,(H,28,29)(H,30,31). The summed E-state index contributed by atoms with van der Waals surface area (Å²) in [6.07, 6.45) is 0.0220. The number of amides is 1. The number of carboxylic acid groups (broad SMARTS) is 1. The number of halogens is 1. The summed E-state index contributed by atoms with van der Waals surface area (Å²) in [5, 5.41) is 21.0. The van der Waals surface area contributed by atoms with E-state index in [-0.39, 0.29) is 17.2 Å². The minimum absolute atomic E-state index is 0.0220. The zero-order valence-electron chi connectivity index (χ0n) is 18.8. The van der Waals surface area contributed by atoms with E-state index >= 15 is 0 Å². The van der Waals surface area contributed by atoms with Crippen molar-refractivity contribution in [2.45, 2.75) is 25.2 Å². The average molecular weight is 513 g/mol. The lowest BCUT2D eigenvalue weighted by Gasteiger charge is -2.13. The largest absolute Gasteiger partial charge is 0.480 e. The zero-order valence-corrected chi connectivity index (χ0v) is 20.4. The Balaban J connectivity index is 1.74. The van der Waals surface area contributed by atoms with Crippen LogP contribution in [0.2, 0.25) is 5.02 Å². The van der Waals surface area contributed by atoms with E-state index in [4.69, 9.17) is 26.7 Å². The van der Waals surface area contributed by atoms with Crippen molar-refractivity contribution in [2.75, 3.05) is 11.1 Å². The van der Waals surface area contributed by atoms with Gasteiger partial charge in [-0.05, 0) is 73.0 Å². The molecule has 3 rings (SSSR count). The molecule has 8 nitrogen and oxygen atoms in total. The third kappa shape index (κ3) is 6.82. The van der Waals surface area contributed by atoms with Crippen molar-refractivity contribution < 1.29 is 27.9 Å². The van der Waals surface area contributed by atoms with Gasteiger partial charge in [-0.25, -0.2) is 8.42 Å². The molecule has 0 bridgehead atoms. The molecule has 2 N–H and O–H groups in total. The van der Waals surface area contributed by atoms with E-state index in [0.29, 0.717) is 38.9 Å². The van der Waals surface area contributed by atoms with Crippen LogP contribution in [-0.4, -0.2) is 31.2 Å². The predicted octanol–water partition coefficient (Wildman–Crippen LogP) is 4.66. The molecule has 0 aliphatic heterocycles. The van der Waals surface area contributed by atoms with Crippen LogP contribution in [-0.2, 0) is 25.8 Å². The Morgan fingerprint density at radius 1 is 1.06 bits per heavy atom. The molecule has 0 aliphatic rings. The number of carbonyl (C=O) groups excluding carboxylic acids is 1. The summed E-state index contributed by atoms with van der Waals surface area (Å²) in [6, 6.07) is 16.0. The number of nitriles is 1. The topological polar surface area (TPSA) is 134 Å². The van der Waals surface area contributed by atoms with E-state index in [2.05, 4.69) is 5.32 Å². The molecule has 0 fully saturated rings. The summed E-state index contributed by atoms with van der Waals surface area (Å²) in [5.74, 6) is -1.89. The van der Waals surface area contributed by atoms with Gasteiger partial charge in [-0.15, -0.1) is 0 Å². The number of rotatable bonds is 8. The van der Waals surface area contributed by atoms with Crippen LogP contribution in [0.25, 0.3) is 0 Å². The van der Waals surface area contributed by atoms with Crippen molar-refractivity contribution in [3.63, 3.8) is 0 Å². The van der Waals surface area contributed by atoms with Gasteiger partial charge in [-0.3, -0.25) is 9.59 Å². The van der Waals surface area contributed by atoms with Crippen LogP contribution in [0.3, 0.4) is 0 Å². The second-order valence-corrected chi connectivity index (χ2v) is 10.3. The number of sulfone groups is 1. The van der Waals surface area contributed by atoms with Gasteiger partial charge in [0.05, 0.1) is 22.9 Å². The van der Waals surface area contributed by atoms with Gasteiger partial charge in [-0.2, -0.15) is 5.26 Å². The first-order valence-corrected chi connectivity index (χ1v) is 12.3. The number of benzene rings is 3. The number of nitrogens with zero attached hydrogens (tertiary/aromatic N) is 1. The van der Waals surface area contributed by atoms with E-state index in [1.54, 1.807) is 37.3 Å². The second-order valence-electron chi connectivity index (χ2n) is 7.84. The summed E-state index contributed by atoms with van der Waals surface area (Å²) < 4.78 is 30.1. The van der Waals surface area contributed by atoms with Gasteiger partial charge in [0.15, 0.2) is 15.6 Å². The van der Waals surface area contributed by atoms with E-state index < -0.39 is 21.6 Å². The monoisotopic (exact) mass is 512 g/mol. The number of carbonyl (C=O) groups is 2. The molecular weight excluding hydrogens is 492 g/mol. The number of hydrogen-bond donors (Lipinski definition) is 2. The number of ether oxygens (including phenoxy) is 1. The third-order valence-corrected chi connectivity index (χ3v) is 6.81. The van der Waals surface area contributed by atoms with Crippen molar-refractivity contribution in [2.24, 2.45) is 0 Å². The maximum Gasteiger partial charge on any atom is 0.319 e. The van der Waals surface area contributed by atoms with Crippen LogP contribution in [0.1, 0.15) is 22.3 Å². The molecule has 35 heavy (non-hydrogen) atoms. The highest BCUT2D eigenvalue weighted by Gasteiger charge is 2.20. The molecule has 0 saturated heterocycles. The first-order chi connectivity index (χ1) is 16.5. The summed E-state index contributed by atoms with van der Waals surface area (Å²) >= 11 is 6.04. The molecule has 0 aliphatic carbocycles. The fourth-order valence-electron chi connectivity index (χ4n) is 3.27. The smallest absolute Gasteiger partial charge is 0.319 e. The lowest BCUT2D eigenvalue weighted by molar-refractivity contribution is -0.134. The lowest BCUT2D eigenvalue weighted by atomic mass is 10.1. The number of anilines is 1. The number of aryl methyl sites for hydroxylation is 2. The molecule has 10 heteroatoms. The maximum atomic E-state index is 12.6. The van der Waals surface area contributed by atoms with Crippen LogP contribution in [0, 0.1) is 25.2 Å². The molecular formula is C25H21ClN2O6S. The SMILES string of the molecule is Cc1cc(S(=O)(=O)CC(=O)O)ccc1NC(=O)Cc1ccc(C)c(Oc2cc(Cl)cc(C#N)c2)c1. The van der Waals surface area contributed by atoms with Gasteiger partial charge in [0.2, 0.25) is 5.91 Å². The van der Waals surface area contributed by atoms with Crippen molar-refractivity contribution in [3.8, 4) is 17.6 Å². The molecule has 3 aromatic rings. The summed E-state index contributed by atoms with van der Waals surface area (Å²) in [5.41, 5.74) is 2.74. The van der Waals surface area contributed by atoms with Crippen LogP contribution < -0.4 is 10.1 Å². The molecule has 0 heterocycles. The number of aliphatic carboxylic acids is 1. The van der Waals surface area contributed by atoms with E-state index in [9.17, 15) is 18.0 Å². The molecule has 3 aromatic carbocycles. The van der Waals surface area contributed by atoms with Gasteiger partial charge in [-0.1, -0.05) is 23.7 Å². The first kappa shape index (κ1) is 25.7. The van der Waals surface area contributed by atoms with E-state index in [1.807, 2.05) is 13.0 Å². The lowest BCUT2D eigenvalue weighted by Crippen LogP contribution is -2.17. The van der Waals surface area contributed by atoms with Gasteiger partial charge in [0.1, 0.15) is 11.5 Å². The van der Waals surface area contributed by atoms with Gasteiger partial charge in [0, 0.05) is 10.7 Å². The normalized spacial score (nSPS) is 10.9. The molecule has 0 aromatic heterocycles. The number of nitrogens with one attached hydrogen (secondary N) is 1. The fraction of sp³-hybridized carbons (Fsp3) is 0.160. The molecule has 0 saturated carbocycles. The third-order valence-electron chi connectivity index (χ3n) is 4.99. The predicted molar refractivity (Wildman–Crippen MR) is 131 cm³/mol. The summed E-state index contributed by atoms with van der Waals surface area (Å²) in [7, 11) is -3.97. The Labute approximate surface area is 207 Å². The van der Waals surface area contributed by atoms with Crippen molar-refractivity contribution in [1.82, 2.24) is 0 Å². The molecule has 0 spiro atoms. The minimum Gasteiger partial charge on any atom is -0.480 e. The number of carboxylic acids is 1. The average Bonchev–Trinajstić information content (AvgIpc) is 2.76. The van der Waals surface area contributed by atoms with Crippen molar-refractivity contribution >= 4 is 39.0 Å². The van der Waals surface area contributed by atoms with Crippen LogP contribution in [0.15, 0.2) is 59.5 Å². The molecule has 180 valence electrons. The first-order valence-electron chi connectivity index (χ1n) is 10.3. The van der Waals surface area contributed by atoms with Gasteiger partial charge >= 0.3 is 5.97 Å². The molecule has 1 amide bonds. The summed E-state index contributed by atoms with van der Waals surface area (Å²) in [6.45, 7) is 3.46. The maximum absolute atomic E-state index is 12.6. The van der Waals surface area contributed by atoms with E-state index in [1.165, 1.54) is 24.3 Å². The quantitative estimate of drug-likeness (QED) is 0.448. The zero-order chi connectivity index (χ0) is 25.8. The van der Waals surface area contributed by atoms with Crippen LogP contribution in [0.5, 0.6) is 11.5 Å². The Morgan fingerprint density at radius 2 is 1.80 bits per heavy atom. The highest BCUT2D eigenvalue weighted by molar-refractivity contribution is 7.92.